The Bertz CT molecular complexity index is 1290. The normalized spacial score (nSPS) is 16.7. The molecule has 1 heterocycles. The fourth-order valence-electron chi connectivity index (χ4n) is 4.88. The quantitative estimate of drug-likeness (QED) is 0.475. The molecule has 1 amide bonds. The lowest BCUT2D eigenvalue weighted by atomic mass is 10.0. The van der Waals surface area contributed by atoms with Gasteiger partial charge in [-0.05, 0) is 61.1 Å². The predicted octanol–water partition coefficient (Wildman–Crippen LogP) is 5.73. The summed E-state index contributed by atoms with van der Waals surface area (Å²) in [5.74, 6) is -1.26. The molecular formula is C27H24ClFN2O3. The highest BCUT2D eigenvalue weighted by Crippen LogP contribution is 2.38. The lowest BCUT2D eigenvalue weighted by Crippen LogP contribution is -2.36. The number of carbonyl (C=O) groups is 2. The molecule has 0 atom stereocenters. The van der Waals surface area contributed by atoms with Crippen LogP contribution in [0.1, 0.15) is 59.3 Å². The summed E-state index contributed by atoms with van der Waals surface area (Å²) in [7, 11) is 0. The Balaban J connectivity index is 1.47. The van der Waals surface area contributed by atoms with Gasteiger partial charge in [0, 0.05) is 17.0 Å². The van der Waals surface area contributed by atoms with Crippen molar-refractivity contribution in [2.45, 2.75) is 44.6 Å². The third-order valence-electron chi connectivity index (χ3n) is 6.52. The Hall–Kier alpha value is -3.25. The fraction of sp³-hybridized carbons (Fsp3) is 0.296. The third kappa shape index (κ3) is 4.42. The number of fused-ring (bicyclic) bond motifs is 2. The van der Waals surface area contributed by atoms with E-state index >= 15 is 0 Å². The molecule has 1 N–H and O–H groups in total. The second-order valence-electron chi connectivity index (χ2n) is 8.76. The van der Waals surface area contributed by atoms with Crippen molar-refractivity contribution in [3.05, 3.63) is 75.7 Å². The van der Waals surface area contributed by atoms with E-state index in [0.717, 1.165) is 36.8 Å². The minimum atomic E-state index is -0.554. The van der Waals surface area contributed by atoms with Crippen molar-refractivity contribution in [2.24, 2.45) is 0 Å². The minimum Gasteiger partial charge on any atom is -0.452 e. The van der Waals surface area contributed by atoms with Crippen LogP contribution in [0.4, 0.5) is 4.39 Å². The first-order valence-corrected chi connectivity index (χ1v) is 11.9. The first kappa shape index (κ1) is 22.5. The molecule has 5 nitrogen and oxygen atoms in total. The standard InChI is InChI=1S/C27H24ClFN2O3/c28-21-9-5-10-22(29)20(21)14-16-12-13-19-25(18-8-3-4-11-23(18)31-26(16)19)27(33)34-15-24(32)30-17-6-1-2-7-17/h3-5,8-11,14,17H,1-2,6-7,12-13,15H2,(H,30,32). The topological polar surface area (TPSA) is 68.3 Å². The van der Waals surface area contributed by atoms with Gasteiger partial charge < -0.3 is 10.1 Å². The van der Waals surface area contributed by atoms with Crippen LogP contribution in [0.15, 0.2) is 42.5 Å². The van der Waals surface area contributed by atoms with Gasteiger partial charge >= 0.3 is 5.97 Å². The monoisotopic (exact) mass is 478 g/mol. The van der Waals surface area contributed by atoms with Crippen LogP contribution in [0.2, 0.25) is 5.02 Å². The van der Waals surface area contributed by atoms with E-state index in [4.69, 9.17) is 21.3 Å². The number of rotatable bonds is 5. The fourth-order valence-corrected chi connectivity index (χ4v) is 5.10. The second kappa shape index (κ2) is 9.55. The van der Waals surface area contributed by atoms with Gasteiger partial charge in [0.05, 0.1) is 21.8 Å². The van der Waals surface area contributed by atoms with Gasteiger partial charge in [-0.3, -0.25) is 4.79 Å². The van der Waals surface area contributed by atoms with Gasteiger partial charge in [0.25, 0.3) is 5.91 Å². The number of nitrogens with one attached hydrogen (secondary N) is 1. The number of pyridine rings is 1. The number of amides is 1. The molecule has 3 aromatic rings. The molecule has 0 aliphatic heterocycles. The van der Waals surface area contributed by atoms with Crippen LogP contribution in [0.3, 0.4) is 0 Å². The maximum atomic E-state index is 14.4. The summed E-state index contributed by atoms with van der Waals surface area (Å²) in [5, 5.41) is 3.92. The Morgan fingerprint density at radius 1 is 1.12 bits per heavy atom. The molecule has 2 aliphatic carbocycles. The zero-order chi connectivity index (χ0) is 23.7. The number of esters is 1. The van der Waals surface area contributed by atoms with Crippen LogP contribution in [0.25, 0.3) is 22.6 Å². The minimum absolute atomic E-state index is 0.162. The van der Waals surface area contributed by atoms with Gasteiger partial charge in [0.1, 0.15) is 5.82 Å². The molecule has 0 saturated heterocycles. The number of para-hydroxylation sites is 1. The van der Waals surface area contributed by atoms with Crippen LogP contribution >= 0.6 is 11.6 Å². The van der Waals surface area contributed by atoms with Crippen molar-refractivity contribution in [1.29, 1.82) is 0 Å². The largest absolute Gasteiger partial charge is 0.452 e. The van der Waals surface area contributed by atoms with E-state index in [1.807, 2.05) is 24.3 Å². The molecule has 1 saturated carbocycles. The number of halogens is 2. The van der Waals surface area contributed by atoms with Crippen molar-refractivity contribution < 1.29 is 18.7 Å². The van der Waals surface area contributed by atoms with Crippen molar-refractivity contribution in [2.75, 3.05) is 6.61 Å². The summed E-state index contributed by atoms with van der Waals surface area (Å²) in [6, 6.07) is 12.1. The van der Waals surface area contributed by atoms with Crippen LogP contribution in [-0.4, -0.2) is 29.5 Å². The molecule has 2 aromatic carbocycles. The molecule has 0 spiro atoms. The van der Waals surface area contributed by atoms with E-state index in [1.54, 1.807) is 18.2 Å². The average Bonchev–Trinajstić information content (AvgIpc) is 3.48. The van der Waals surface area contributed by atoms with Gasteiger partial charge in [-0.25, -0.2) is 14.2 Å². The Kier molecular flexibility index (Phi) is 6.33. The van der Waals surface area contributed by atoms with Gasteiger partial charge in [0.15, 0.2) is 6.61 Å². The molecule has 1 aromatic heterocycles. The van der Waals surface area contributed by atoms with Gasteiger partial charge in [-0.2, -0.15) is 0 Å². The van der Waals surface area contributed by atoms with Crippen molar-refractivity contribution >= 4 is 46.0 Å². The Morgan fingerprint density at radius 3 is 2.71 bits per heavy atom. The number of ether oxygens (including phenoxy) is 1. The number of benzene rings is 2. The molecule has 7 heteroatoms. The molecular weight excluding hydrogens is 455 g/mol. The highest BCUT2D eigenvalue weighted by atomic mass is 35.5. The molecule has 5 rings (SSSR count). The summed E-state index contributed by atoms with van der Waals surface area (Å²) in [4.78, 5) is 30.3. The SMILES string of the molecule is O=C(COC(=O)c1c2c(nc3ccccc13)C(=Cc1c(F)cccc1Cl)CC2)NC1CCCC1. The van der Waals surface area contributed by atoms with E-state index in [1.165, 1.54) is 6.07 Å². The van der Waals surface area contributed by atoms with Crippen LogP contribution in [0.5, 0.6) is 0 Å². The summed E-state index contributed by atoms with van der Waals surface area (Å²) in [6.07, 6.45) is 6.99. The predicted molar refractivity (Wildman–Crippen MR) is 130 cm³/mol. The van der Waals surface area contributed by atoms with E-state index in [0.29, 0.717) is 45.6 Å². The zero-order valence-electron chi connectivity index (χ0n) is 18.6. The smallest absolute Gasteiger partial charge is 0.339 e. The number of hydrogen-bond donors (Lipinski definition) is 1. The van der Waals surface area contributed by atoms with Crippen molar-refractivity contribution in [1.82, 2.24) is 10.3 Å². The van der Waals surface area contributed by atoms with E-state index in [9.17, 15) is 14.0 Å². The molecule has 34 heavy (non-hydrogen) atoms. The summed E-state index contributed by atoms with van der Waals surface area (Å²) in [5.41, 5.74) is 3.54. The maximum absolute atomic E-state index is 14.4. The van der Waals surface area contributed by atoms with Crippen molar-refractivity contribution in [3.63, 3.8) is 0 Å². The highest BCUT2D eigenvalue weighted by Gasteiger charge is 2.28. The third-order valence-corrected chi connectivity index (χ3v) is 6.85. The van der Waals surface area contributed by atoms with E-state index in [2.05, 4.69) is 5.32 Å². The second-order valence-corrected chi connectivity index (χ2v) is 9.17. The highest BCUT2D eigenvalue weighted by molar-refractivity contribution is 6.32. The zero-order valence-corrected chi connectivity index (χ0v) is 19.3. The Labute approximate surface area is 202 Å². The average molecular weight is 479 g/mol. The number of nitrogens with zero attached hydrogens (tertiary/aromatic N) is 1. The summed E-state index contributed by atoms with van der Waals surface area (Å²) in [6.45, 7) is -0.325. The summed E-state index contributed by atoms with van der Waals surface area (Å²) < 4.78 is 19.8. The number of aromatic nitrogens is 1. The molecule has 0 unspecified atom stereocenters. The first-order valence-electron chi connectivity index (χ1n) is 11.5. The molecule has 174 valence electrons. The van der Waals surface area contributed by atoms with E-state index < -0.39 is 11.8 Å². The van der Waals surface area contributed by atoms with Crippen LogP contribution in [0, 0.1) is 5.82 Å². The lowest BCUT2D eigenvalue weighted by molar-refractivity contribution is -0.124. The maximum Gasteiger partial charge on any atom is 0.339 e. The Morgan fingerprint density at radius 2 is 1.91 bits per heavy atom. The lowest BCUT2D eigenvalue weighted by Gasteiger charge is -2.14. The van der Waals surface area contributed by atoms with Gasteiger partial charge in [0.2, 0.25) is 0 Å². The number of hydrogen-bond acceptors (Lipinski definition) is 4. The van der Waals surface area contributed by atoms with Crippen molar-refractivity contribution in [3.8, 4) is 0 Å². The number of allylic oxidation sites excluding steroid dienone is 1. The summed E-state index contributed by atoms with van der Waals surface area (Å²) >= 11 is 6.23. The van der Waals surface area contributed by atoms with Gasteiger partial charge in [-0.15, -0.1) is 0 Å². The molecule has 1 fully saturated rings. The molecule has 0 bridgehead atoms. The van der Waals surface area contributed by atoms with Crippen LogP contribution in [-0.2, 0) is 16.0 Å². The van der Waals surface area contributed by atoms with Gasteiger partial charge in [-0.1, -0.05) is 48.7 Å². The molecule has 0 radical (unpaired) electrons. The first-order chi connectivity index (χ1) is 16.5. The number of carbonyl (C=O) groups excluding carboxylic acids is 2. The van der Waals surface area contributed by atoms with E-state index in [-0.39, 0.29) is 18.6 Å². The van der Waals surface area contributed by atoms with Crippen LogP contribution < -0.4 is 5.32 Å². The molecule has 2 aliphatic rings.